The highest BCUT2D eigenvalue weighted by Crippen LogP contribution is 2.35. The average Bonchev–Trinajstić information content (AvgIpc) is 3.52. The van der Waals surface area contributed by atoms with Gasteiger partial charge >= 0.3 is 12.2 Å². The van der Waals surface area contributed by atoms with Crippen LogP contribution in [0.1, 0.15) is 75.6 Å². The van der Waals surface area contributed by atoms with E-state index in [1.807, 2.05) is 51.3 Å². The summed E-state index contributed by atoms with van der Waals surface area (Å²) in [6, 6.07) is 17.7. The summed E-state index contributed by atoms with van der Waals surface area (Å²) in [5.74, 6) is 0.764. The lowest BCUT2D eigenvalue weighted by molar-refractivity contribution is 0.0279. The van der Waals surface area contributed by atoms with Crippen LogP contribution in [0.3, 0.4) is 0 Å². The van der Waals surface area contributed by atoms with Crippen molar-refractivity contribution in [1.29, 1.82) is 0 Å². The molecule has 6 rings (SSSR count). The maximum atomic E-state index is 12.2. The quantitative estimate of drug-likeness (QED) is 0.483. The topological polar surface area (TPSA) is 83.1 Å². The van der Waals surface area contributed by atoms with Crippen molar-refractivity contribution in [2.45, 2.75) is 89.8 Å². The van der Waals surface area contributed by atoms with Gasteiger partial charge in [0, 0.05) is 63.2 Å². The maximum Gasteiger partial charge on any atom is 0.410 e. The minimum Gasteiger partial charge on any atom is -0.444 e. The Bertz CT molecular complexity index is 1140. The van der Waals surface area contributed by atoms with Crippen molar-refractivity contribution in [2.24, 2.45) is 0 Å². The first-order valence-corrected chi connectivity index (χ1v) is 14.5. The molecule has 2 amide bonds. The number of hydrogen-bond donors (Lipinski definition) is 2. The molecular weight excluding hydrogens is 504 g/mol. The number of fused-ring (bicyclic) bond motifs is 6. The molecule has 4 heterocycles. The summed E-state index contributed by atoms with van der Waals surface area (Å²) >= 11 is 0. The van der Waals surface area contributed by atoms with Gasteiger partial charge in [0.25, 0.3) is 0 Å². The summed E-state index contributed by atoms with van der Waals surface area (Å²) in [4.78, 5) is 28.0. The lowest BCUT2D eigenvalue weighted by Crippen LogP contribution is -2.40. The first-order valence-electron chi connectivity index (χ1n) is 14.5. The number of benzene rings is 2. The van der Waals surface area contributed by atoms with Crippen LogP contribution in [-0.4, -0.2) is 71.5 Å². The van der Waals surface area contributed by atoms with Crippen molar-refractivity contribution in [3.05, 3.63) is 70.8 Å². The average molecular weight is 549 g/mol. The number of amides is 2. The van der Waals surface area contributed by atoms with E-state index in [2.05, 4.69) is 59.2 Å². The molecule has 0 aromatic heterocycles. The molecule has 0 saturated carbocycles. The van der Waals surface area contributed by atoms with E-state index in [0.717, 1.165) is 39.3 Å². The molecule has 0 bridgehead atoms. The zero-order valence-corrected chi connectivity index (χ0v) is 24.7. The molecule has 4 aliphatic rings. The Morgan fingerprint density at radius 3 is 1.40 bits per heavy atom. The fraction of sp³-hybridized carbons (Fsp3) is 0.562. The van der Waals surface area contributed by atoms with Gasteiger partial charge < -0.3 is 29.9 Å². The third kappa shape index (κ3) is 6.44. The Kier molecular flexibility index (Phi) is 7.86. The van der Waals surface area contributed by atoms with Crippen molar-refractivity contribution in [3.8, 4) is 0 Å². The molecule has 40 heavy (non-hydrogen) atoms. The SMILES string of the molecule is CC(C)(C)OC(=O)N1C[C@@H]2NCc3ccccc3[C@@H]2C1.CC(C)(C)OC(=O)N1C[C@@H]2c3ccccc3CN[C@@H]2C1. The summed E-state index contributed by atoms with van der Waals surface area (Å²) in [7, 11) is 0. The molecule has 2 fully saturated rings. The Morgan fingerprint density at radius 2 is 1.02 bits per heavy atom. The van der Waals surface area contributed by atoms with E-state index in [9.17, 15) is 9.59 Å². The Morgan fingerprint density at radius 1 is 0.650 bits per heavy atom. The molecule has 2 saturated heterocycles. The zero-order chi connectivity index (χ0) is 28.7. The van der Waals surface area contributed by atoms with Crippen LogP contribution in [0.25, 0.3) is 0 Å². The third-order valence-electron chi connectivity index (χ3n) is 7.96. The Hall–Kier alpha value is -3.10. The number of nitrogens with one attached hydrogen (secondary N) is 2. The lowest BCUT2D eigenvalue weighted by atomic mass is 9.87. The van der Waals surface area contributed by atoms with Crippen LogP contribution in [0.2, 0.25) is 0 Å². The minimum absolute atomic E-state index is 0.203. The fourth-order valence-electron chi connectivity index (χ4n) is 6.20. The van der Waals surface area contributed by atoms with Crippen LogP contribution >= 0.6 is 0 Å². The van der Waals surface area contributed by atoms with Crippen LogP contribution < -0.4 is 10.6 Å². The van der Waals surface area contributed by atoms with Crippen LogP contribution in [-0.2, 0) is 22.6 Å². The number of carbonyl (C=O) groups excluding carboxylic acids is 2. The highest BCUT2D eigenvalue weighted by Gasteiger charge is 2.41. The number of hydrogen-bond acceptors (Lipinski definition) is 6. The summed E-state index contributed by atoms with van der Waals surface area (Å²) in [5, 5.41) is 7.07. The molecule has 8 nitrogen and oxygen atoms in total. The van der Waals surface area contributed by atoms with Gasteiger partial charge in [-0.15, -0.1) is 0 Å². The summed E-state index contributed by atoms with van der Waals surface area (Å²) < 4.78 is 10.9. The van der Waals surface area contributed by atoms with E-state index >= 15 is 0 Å². The minimum atomic E-state index is -0.434. The highest BCUT2D eigenvalue weighted by atomic mass is 16.6. The van der Waals surface area contributed by atoms with E-state index in [-0.39, 0.29) is 12.2 Å². The highest BCUT2D eigenvalue weighted by molar-refractivity contribution is 5.69. The molecule has 8 heteroatoms. The molecule has 216 valence electrons. The predicted molar refractivity (Wildman–Crippen MR) is 155 cm³/mol. The van der Waals surface area contributed by atoms with Gasteiger partial charge in [0.2, 0.25) is 0 Å². The molecule has 2 aromatic carbocycles. The van der Waals surface area contributed by atoms with Crippen molar-refractivity contribution in [1.82, 2.24) is 20.4 Å². The van der Waals surface area contributed by atoms with Crippen molar-refractivity contribution in [3.63, 3.8) is 0 Å². The summed E-state index contributed by atoms with van der Waals surface area (Å²) in [6.07, 6.45) is -0.405. The number of likely N-dealkylation sites (tertiary alicyclic amines) is 2. The standard InChI is InChI=1S/2C16H22N2O2/c2*1-16(2,3)20-15(19)18-9-13-12-7-5-4-6-11(12)8-17-14(13)10-18/h2*4-7,13-14,17H,8-10H2,1-3H3/t2*13-,14-/m10/s1. The second kappa shape index (κ2) is 11.1. The van der Waals surface area contributed by atoms with E-state index in [0.29, 0.717) is 23.9 Å². The molecule has 4 aliphatic heterocycles. The Labute approximate surface area is 238 Å². The molecular formula is C32H44N4O4. The molecule has 0 unspecified atom stereocenters. The van der Waals surface area contributed by atoms with E-state index < -0.39 is 11.2 Å². The second-order valence-electron chi connectivity index (χ2n) is 13.4. The smallest absolute Gasteiger partial charge is 0.410 e. The number of nitrogens with zero attached hydrogens (tertiary/aromatic N) is 2. The van der Waals surface area contributed by atoms with Crippen molar-refractivity contribution >= 4 is 12.2 Å². The molecule has 0 spiro atoms. The fourth-order valence-corrected chi connectivity index (χ4v) is 6.20. The normalized spacial score (nSPS) is 25.1. The third-order valence-corrected chi connectivity index (χ3v) is 7.96. The first kappa shape index (κ1) is 28.4. The van der Waals surface area contributed by atoms with Gasteiger partial charge in [0.1, 0.15) is 11.2 Å². The van der Waals surface area contributed by atoms with E-state index in [1.165, 1.54) is 22.3 Å². The summed E-state index contributed by atoms with van der Waals surface area (Å²) in [5.41, 5.74) is 4.58. The largest absolute Gasteiger partial charge is 0.444 e. The zero-order valence-electron chi connectivity index (χ0n) is 24.7. The van der Waals surface area contributed by atoms with Gasteiger partial charge in [-0.25, -0.2) is 9.59 Å². The van der Waals surface area contributed by atoms with E-state index in [4.69, 9.17) is 9.47 Å². The number of ether oxygens (including phenoxy) is 2. The molecule has 2 aromatic rings. The second-order valence-corrected chi connectivity index (χ2v) is 13.4. The van der Waals surface area contributed by atoms with Gasteiger partial charge in [-0.05, 0) is 63.8 Å². The Balaban J connectivity index is 0.000000161. The van der Waals surface area contributed by atoms with Crippen molar-refractivity contribution in [2.75, 3.05) is 26.2 Å². The first-order chi connectivity index (χ1) is 18.9. The predicted octanol–water partition coefficient (Wildman–Crippen LogP) is 4.99. The van der Waals surface area contributed by atoms with Crippen LogP contribution in [0.4, 0.5) is 9.59 Å². The number of carbonyl (C=O) groups is 2. The van der Waals surface area contributed by atoms with Gasteiger partial charge in [-0.3, -0.25) is 0 Å². The molecule has 2 N–H and O–H groups in total. The van der Waals surface area contributed by atoms with Gasteiger partial charge in [-0.1, -0.05) is 48.5 Å². The van der Waals surface area contributed by atoms with Crippen LogP contribution in [0.15, 0.2) is 48.5 Å². The number of rotatable bonds is 0. The van der Waals surface area contributed by atoms with Crippen molar-refractivity contribution < 1.29 is 19.1 Å². The van der Waals surface area contributed by atoms with Crippen LogP contribution in [0, 0.1) is 0 Å². The molecule has 0 radical (unpaired) electrons. The molecule has 0 aliphatic carbocycles. The maximum absolute atomic E-state index is 12.2. The van der Waals surface area contributed by atoms with E-state index in [1.54, 1.807) is 0 Å². The lowest BCUT2D eigenvalue weighted by Gasteiger charge is -2.28. The molecule has 4 atom stereocenters. The van der Waals surface area contributed by atoms with Gasteiger partial charge in [0.05, 0.1) is 0 Å². The summed E-state index contributed by atoms with van der Waals surface area (Å²) in [6.45, 7) is 16.1. The monoisotopic (exact) mass is 548 g/mol. The van der Waals surface area contributed by atoms with Gasteiger partial charge in [0.15, 0.2) is 0 Å². The van der Waals surface area contributed by atoms with Gasteiger partial charge in [-0.2, -0.15) is 0 Å². The van der Waals surface area contributed by atoms with Crippen LogP contribution in [0.5, 0.6) is 0 Å².